The summed E-state index contributed by atoms with van der Waals surface area (Å²) in [5.41, 5.74) is 12.2. The van der Waals surface area contributed by atoms with E-state index in [0.29, 0.717) is 17.5 Å². The van der Waals surface area contributed by atoms with Gasteiger partial charge in [-0.05, 0) is 62.7 Å². The lowest BCUT2D eigenvalue weighted by atomic mass is 9.90. The minimum Gasteiger partial charge on any atom is -0.208 e. The van der Waals surface area contributed by atoms with Gasteiger partial charge in [0.05, 0.1) is 0 Å². The number of aromatic nitrogens is 3. The maximum absolute atomic E-state index is 4.95. The van der Waals surface area contributed by atoms with Crippen molar-refractivity contribution >= 4 is 0 Å². The van der Waals surface area contributed by atoms with Gasteiger partial charge < -0.3 is 0 Å². The molecule has 0 saturated heterocycles. The molecule has 0 aliphatic carbocycles. The zero-order valence-corrected chi connectivity index (χ0v) is 26.2. The summed E-state index contributed by atoms with van der Waals surface area (Å²) in [6.07, 6.45) is 0. The van der Waals surface area contributed by atoms with Gasteiger partial charge in [0, 0.05) is 16.7 Å². The van der Waals surface area contributed by atoms with E-state index in [1.165, 1.54) is 27.8 Å². The SMILES string of the molecule is c1ccc(-c2nc(-c3ccccc3)nc(-c3cccc(-c4cccc(-c5ccc(-c6ccccc6)c(-c6ccccc6)c5)c4)c3)n2)cc1. The van der Waals surface area contributed by atoms with Crippen LogP contribution in [0.1, 0.15) is 0 Å². The average molecular weight is 614 g/mol. The molecular formula is C45H31N3. The molecule has 0 saturated carbocycles. The fourth-order valence-corrected chi connectivity index (χ4v) is 6.10. The Morgan fingerprint density at radius 3 is 1.02 bits per heavy atom. The molecule has 7 aromatic carbocycles. The van der Waals surface area contributed by atoms with Crippen LogP contribution in [0.4, 0.5) is 0 Å². The van der Waals surface area contributed by atoms with E-state index >= 15 is 0 Å². The Balaban J connectivity index is 1.19. The molecule has 8 aromatic rings. The topological polar surface area (TPSA) is 38.7 Å². The Kier molecular flexibility index (Phi) is 7.92. The van der Waals surface area contributed by atoms with Crippen LogP contribution in [-0.2, 0) is 0 Å². The number of hydrogen-bond donors (Lipinski definition) is 0. The summed E-state index contributed by atoms with van der Waals surface area (Å²) >= 11 is 0. The van der Waals surface area contributed by atoms with Crippen LogP contribution in [0.25, 0.3) is 78.7 Å². The van der Waals surface area contributed by atoms with Crippen molar-refractivity contribution in [3.8, 4) is 78.7 Å². The van der Waals surface area contributed by atoms with Crippen molar-refractivity contribution in [3.05, 3.63) is 188 Å². The molecule has 8 rings (SSSR count). The highest BCUT2D eigenvalue weighted by molar-refractivity contribution is 5.88. The van der Waals surface area contributed by atoms with Crippen LogP contribution in [0.3, 0.4) is 0 Å². The molecule has 0 aliphatic heterocycles. The van der Waals surface area contributed by atoms with Crippen molar-refractivity contribution < 1.29 is 0 Å². The van der Waals surface area contributed by atoms with E-state index in [0.717, 1.165) is 33.4 Å². The lowest BCUT2D eigenvalue weighted by molar-refractivity contribution is 1.07. The highest BCUT2D eigenvalue weighted by Crippen LogP contribution is 2.37. The van der Waals surface area contributed by atoms with E-state index in [1.807, 2.05) is 60.7 Å². The van der Waals surface area contributed by atoms with Gasteiger partial charge in [-0.25, -0.2) is 15.0 Å². The summed E-state index contributed by atoms with van der Waals surface area (Å²) in [4.78, 5) is 14.8. The predicted octanol–water partition coefficient (Wildman–Crippen LogP) is 11.5. The molecule has 3 heteroatoms. The summed E-state index contributed by atoms with van der Waals surface area (Å²) in [7, 11) is 0. The first kappa shape index (κ1) is 29.0. The van der Waals surface area contributed by atoms with E-state index in [4.69, 9.17) is 15.0 Å². The molecule has 1 heterocycles. The summed E-state index contributed by atoms with van der Waals surface area (Å²) in [5.74, 6) is 1.95. The minimum atomic E-state index is 0.643. The zero-order chi connectivity index (χ0) is 32.1. The number of benzene rings is 7. The smallest absolute Gasteiger partial charge is 0.164 e. The summed E-state index contributed by atoms with van der Waals surface area (Å²) in [6.45, 7) is 0. The summed E-state index contributed by atoms with van der Waals surface area (Å²) < 4.78 is 0. The molecule has 0 spiro atoms. The Hall–Kier alpha value is -6.45. The zero-order valence-electron chi connectivity index (χ0n) is 26.2. The standard InChI is InChI=1S/C45H31N3/c1-5-15-32(16-6-1)41-28-27-39(31-42(41)33-17-7-2-8-18-33)37-24-13-23-36(29-37)38-25-14-26-40(30-38)45-47-43(34-19-9-3-10-20-34)46-44(48-45)35-21-11-4-12-22-35/h1-31H. The molecule has 0 N–H and O–H groups in total. The van der Waals surface area contributed by atoms with Gasteiger partial charge in [0.2, 0.25) is 0 Å². The van der Waals surface area contributed by atoms with E-state index in [2.05, 4.69) is 127 Å². The van der Waals surface area contributed by atoms with Crippen molar-refractivity contribution in [2.45, 2.75) is 0 Å². The first-order chi connectivity index (χ1) is 23.8. The van der Waals surface area contributed by atoms with Gasteiger partial charge in [-0.3, -0.25) is 0 Å². The van der Waals surface area contributed by atoms with Crippen LogP contribution in [0.2, 0.25) is 0 Å². The van der Waals surface area contributed by atoms with Crippen LogP contribution < -0.4 is 0 Å². The van der Waals surface area contributed by atoms with Crippen LogP contribution in [0.15, 0.2) is 188 Å². The molecule has 0 fully saturated rings. The van der Waals surface area contributed by atoms with Crippen molar-refractivity contribution in [2.24, 2.45) is 0 Å². The third-order valence-corrected chi connectivity index (χ3v) is 8.54. The molecule has 226 valence electrons. The lowest BCUT2D eigenvalue weighted by Crippen LogP contribution is -2.00. The number of nitrogens with zero attached hydrogens (tertiary/aromatic N) is 3. The fourth-order valence-electron chi connectivity index (χ4n) is 6.10. The molecule has 3 nitrogen and oxygen atoms in total. The van der Waals surface area contributed by atoms with Gasteiger partial charge in [0.1, 0.15) is 0 Å². The average Bonchev–Trinajstić information content (AvgIpc) is 3.19. The quantitative estimate of drug-likeness (QED) is 0.179. The van der Waals surface area contributed by atoms with Gasteiger partial charge in [-0.1, -0.05) is 170 Å². The summed E-state index contributed by atoms with van der Waals surface area (Å²) in [6, 6.07) is 65.4. The van der Waals surface area contributed by atoms with E-state index in [-0.39, 0.29) is 0 Å². The van der Waals surface area contributed by atoms with Gasteiger partial charge in [-0.15, -0.1) is 0 Å². The monoisotopic (exact) mass is 613 g/mol. The first-order valence-electron chi connectivity index (χ1n) is 16.1. The Labute approximate surface area is 280 Å². The maximum Gasteiger partial charge on any atom is 0.164 e. The van der Waals surface area contributed by atoms with Crippen LogP contribution in [0.5, 0.6) is 0 Å². The molecule has 1 aromatic heterocycles. The second-order valence-corrected chi connectivity index (χ2v) is 11.7. The second-order valence-electron chi connectivity index (χ2n) is 11.7. The molecule has 0 radical (unpaired) electrons. The molecule has 0 bridgehead atoms. The van der Waals surface area contributed by atoms with Gasteiger partial charge in [0.25, 0.3) is 0 Å². The minimum absolute atomic E-state index is 0.643. The molecular weight excluding hydrogens is 583 g/mol. The molecule has 48 heavy (non-hydrogen) atoms. The van der Waals surface area contributed by atoms with E-state index in [1.54, 1.807) is 0 Å². The summed E-state index contributed by atoms with van der Waals surface area (Å²) in [5, 5.41) is 0. The number of hydrogen-bond acceptors (Lipinski definition) is 3. The third kappa shape index (κ3) is 6.05. The highest BCUT2D eigenvalue weighted by atomic mass is 15.0. The lowest BCUT2D eigenvalue weighted by Gasteiger charge is -2.14. The van der Waals surface area contributed by atoms with Gasteiger partial charge in [0.15, 0.2) is 17.5 Å². The van der Waals surface area contributed by atoms with Gasteiger partial charge >= 0.3 is 0 Å². The number of rotatable bonds is 7. The Morgan fingerprint density at radius 1 is 0.208 bits per heavy atom. The second kappa shape index (κ2) is 13.1. The predicted molar refractivity (Wildman–Crippen MR) is 198 cm³/mol. The maximum atomic E-state index is 4.95. The van der Waals surface area contributed by atoms with Crippen molar-refractivity contribution in [2.75, 3.05) is 0 Å². The van der Waals surface area contributed by atoms with E-state index < -0.39 is 0 Å². The van der Waals surface area contributed by atoms with Crippen molar-refractivity contribution in [1.82, 2.24) is 15.0 Å². The van der Waals surface area contributed by atoms with Crippen molar-refractivity contribution in [3.63, 3.8) is 0 Å². The fraction of sp³-hybridized carbons (Fsp3) is 0. The largest absolute Gasteiger partial charge is 0.208 e. The third-order valence-electron chi connectivity index (χ3n) is 8.54. The highest BCUT2D eigenvalue weighted by Gasteiger charge is 2.14. The van der Waals surface area contributed by atoms with E-state index in [9.17, 15) is 0 Å². The Bertz CT molecular complexity index is 2260. The van der Waals surface area contributed by atoms with Crippen LogP contribution in [0, 0.1) is 0 Å². The van der Waals surface area contributed by atoms with Crippen molar-refractivity contribution in [1.29, 1.82) is 0 Å². The Morgan fingerprint density at radius 2 is 0.542 bits per heavy atom. The molecule has 0 amide bonds. The molecule has 0 atom stereocenters. The molecule has 0 unspecified atom stereocenters. The molecule has 0 aliphatic rings. The normalized spacial score (nSPS) is 10.9. The van der Waals surface area contributed by atoms with Crippen LogP contribution in [-0.4, -0.2) is 15.0 Å². The first-order valence-corrected chi connectivity index (χ1v) is 16.1. The van der Waals surface area contributed by atoms with Crippen LogP contribution >= 0.6 is 0 Å². The van der Waals surface area contributed by atoms with Gasteiger partial charge in [-0.2, -0.15) is 0 Å².